The van der Waals surface area contributed by atoms with Crippen molar-refractivity contribution in [3.8, 4) is 0 Å². The van der Waals surface area contributed by atoms with Gasteiger partial charge in [-0.1, -0.05) is 19.8 Å². The molecule has 5 heteroatoms. The minimum Gasteiger partial charge on any atom is -0.466 e. The van der Waals surface area contributed by atoms with E-state index in [0.29, 0.717) is 13.2 Å². The second-order valence-electron chi connectivity index (χ2n) is 5.76. The van der Waals surface area contributed by atoms with Crippen molar-refractivity contribution in [3.63, 3.8) is 0 Å². The second-order valence-corrected chi connectivity index (χ2v) is 5.76. The number of carbonyl (C=O) groups is 2. The van der Waals surface area contributed by atoms with Gasteiger partial charge in [-0.05, 0) is 39.7 Å². The highest BCUT2D eigenvalue weighted by atomic mass is 16.5. The molecule has 1 heterocycles. The monoisotopic (exact) mass is 298 g/mol. The third-order valence-corrected chi connectivity index (χ3v) is 4.08. The molecular formula is C16H30N2O3. The van der Waals surface area contributed by atoms with Gasteiger partial charge in [0.05, 0.1) is 18.6 Å². The summed E-state index contributed by atoms with van der Waals surface area (Å²) < 4.78 is 5.10. The third-order valence-electron chi connectivity index (χ3n) is 4.08. The van der Waals surface area contributed by atoms with Crippen molar-refractivity contribution in [1.82, 2.24) is 10.2 Å². The molecule has 1 fully saturated rings. The lowest BCUT2D eigenvalue weighted by atomic mass is 9.97. The van der Waals surface area contributed by atoms with Gasteiger partial charge >= 0.3 is 5.97 Å². The summed E-state index contributed by atoms with van der Waals surface area (Å²) in [6.45, 7) is 8.55. The maximum absolute atomic E-state index is 12.1. The van der Waals surface area contributed by atoms with Crippen molar-refractivity contribution >= 4 is 11.9 Å². The molecule has 2 unspecified atom stereocenters. The highest BCUT2D eigenvalue weighted by Crippen LogP contribution is 2.19. The summed E-state index contributed by atoms with van der Waals surface area (Å²) in [7, 11) is 0. The van der Waals surface area contributed by atoms with E-state index in [9.17, 15) is 9.59 Å². The lowest BCUT2D eigenvalue weighted by Gasteiger charge is -2.35. The molecule has 5 nitrogen and oxygen atoms in total. The van der Waals surface area contributed by atoms with Gasteiger partial charge in [-0.3, -0.25) is 14.5 Å². The maximum atomic E-state index is 12.1. The Morgan fingerprint density at radius 2 is 2.10 bits per heavy atom. The van der Waals surface area contributed by atoms with Crippen molar-refractivity contribution in [3.05, 3.63) is 0 Å². The van der Waals surface area contributed by atoms with Gasteiger partial charge < -0.3 is 10.1 Å². The molecule has 1 saturated heterocycles. The van der Waals surface area contributed by atoms with E-state index < -0.39 is 0 Å². The summed E-state index contributed by atoms with van der Waals surface area (Å²) >= 11 is 0. The van der Waals surface area contributed by atoms with Crippen LogP contribution in [0.5, 0.6) is 0 Å². The van der Waals surface area contributed by atoms with Crippen molar-refractivity contribution in [2.75, 3.05) is 26.2 Å². The lowest BCUT2D eigenvalue weighted by Crippen LogP contribution is -2.50. The standard InChI is InChI=1S/C16H30N2O3/c1-4-6-7-10-17-15(19)13(3)18-11-8-9-14(12-18)16(20)21-5-2/h13-14H,4-12H2,1-3H3,(H,17,19). The molecule has 0 spiro atoms. The molecular weight excluding hydrogens is 268 g/mol. The smallest absolute Gasteiger partial charge is 0.310 e. The van der Waals surface area contributed by atoms with Crippen LogP contribution in [0.3, 0.4) is 0 Å². The minimum absolute atomic E-state index is 0.0654. The number of amides is 1. The average Bonchev–Trinajstić information content (AvgIpc) is 2.51. The zero-order valence-electron chi connectivity index (χ0n) is 13.7. The van der Waals surface area contributed by atoms with E-state index >= 15 is 0 Å². The fourth-order valence-electron chi connectivity index (χ4n) is 2.71. The number of likely N-dealkylation sites (tertiary alicyclic amines) is 1. The van der Waals surface area contributed by atoms with Gasteiger partial charge in [0, 0.05) is 13.1 Å². The first-order chi connectivity index (χ1) is 10.1. The van der Waals surface area contributed by atoms with Crippen LogP contribution in [0.2, 0.25) is 0 Å². The number of piperidine rings is 1. The van der Waals surface area contributed by atoms with Crippen molar-refractivity contribution in [2.24, 2.45) is 5.92 Å². The molecule has 1 N–H and O–H groups in total. The molecule has 0 aromatic carbocycles. The van der Waals surface area contributed by atoms with Crippen molar-refractivity contribution < 1.29 is 14.3 Å². The molecule has 0 radical (unpaired) electrons. The summed E-state index contributed by atoms with van der Waals surface area (Å²) in [4.78, 5) is 26.1. The van der Waals surface area contributed by atoms with E-state index in [2.05, 4.69) is 17.1 Å². The SMILES string of the molecule is CCCCCNC(=O)C(C)N1CCCC(C(=O)OCC)C1. The second kappa shape index (κ2) is 9.77. The van der Waals surface area contributed by atoms with E-state index in [1.54, 1.807) is 0 Å². The van der Waals surface area contributed by atoms with Gasteiger partial charge in [-0.25, -0.2) is 0 Å². The zero-order chi connectivity index (χ0) is 15.7. The number of ether oxygens (including phenoxy) is 1. The first-order valence-corrected chi connectivity index (χ1v) is 8.28. The number of rotatable bonds is 8. The summed E-state index contributed by atoms with van der Waals surface area (Å²) in [5.74, 6) is -0.151. The van der Waals surface area contributed by atoms with Crippen LogP contribution in [0.25, 0.3) is 0 Å². The quantitative estimate of drug-likeness (QED) is 0.550. The molecule has 0 aromatic heterocycles. The Balaban J connectivity index is 2.40. The summed E-state index contributed by atoms with van der Waals surface area (Å²) in [5, 5.41) is 2.99. The number of hydrogen-bond donors (Lipinski definition) is 1. The fraction of sp³-hybridized carbons (Fsp3) is 0.875. The zero-order valence-corrected chi connectivity index (χ0v) is 13.7. The molecule has 0 saturated carbocycles. The Labute approximate surface area is 128 Å². The Morgan fingerprint density at radius 3 is 2.76 bits per heavy atom. The van der Waals surface area contributed by atoms with Gasteiger partial charge in [-0.15, -0.1) is 0 Å². The summed E-state index contributed by atoms with van der Waals surface area (Å²) in [5.41, 5.74) is 0. The van der Waals surface area contributed by atoms with Crippen LogP contribution in [0.4, 0.5) is 0 Å². The Hall–Kier alpha value is -1.10. The fourth-order valence-corrected chi connectivity index (χ4v) is 2.71. The van der Waals surface area contributed by atoms with Crippen molar-refractivity contribution in [1.29, 1.82) is 0 Å². The van der Waals surface area contributed by atoms with Crippen LogP contribution >= 0.6 is 0 Å². The minimum atomic E-state index is -0.177. The number of esters is 1. The van der Waals surface area contributed by atoms with E-state index in [-0.39, 0.29) is 23.8 Å². The van der Waals surface area contributed by atoms with Crippen LogP contribution in [0.1, 0.15) is 52.9 Å². The molecule has 1 rings (SSSR count). The van der Waals surface area contributed by atoms with Gasteiger partial charge in [0.2, 0.25) is 5.91 Å². The molecule has 0 bridgehead atoms. The van der Waals surface area contributed by atoms with E-state index in [1.807, 2.05) is 13.8 Å². The third kappa shape index (κ3) is 6.04. The Kier molecular flexibility index (Phi) is 8.35. The van der Waals surface area contributed by atoms with Crippen LogP contribution in [-0.4, -0.2) is 49.1 Å². The Morgan fingerprint density at radius 1 is 1.33 bits per heavy atom. The number of hydrogen-bond acceptors (Lipinski definition) is 4. The normalized spacial score (nSPS) is 20.8. The highest BCUT2D eigenvalue weighted by Gasteiger charge is 2.31. The van der Waals surface area contributed by atoms with E-state index in [4.69, 9.17) is 4.74 Å². The molecule has 1 aliphatic heterocycles. The van der Waals surface area contributed by atoms with E-state index in [0.717, 1.165) is 45.2 Å². The Bertz CT molecular complexity index is 333. The number of unbranched alkanes of at least 4 members (excludes halogenated alkanes) is 2. The largest absolute Gasteiger partial charge is 0.466 e. The first-order valence-electron chi connectivity index (χ1n) is 8.28. The topological polar surface area (TPSA) is 58.6 Å². The lowest BCUT2D eigenvalue weighted by molar-refractivity contribution is -0.151. The predicted molar refractivity (Wildman–Crippen MR) is 82.9 cm³/mol. The molecule has 122 valence electrons. The number of nitrogens with one attached hydrogen (secondary N) is 1. The number of carbonyl (C=O) groups excluding carboxylic acids is 2. The highest BCUT2D eigenvalue weighted by molar-refractivity contribution is 5.81. The molecule has 21 heavy (non-hydrogen) atoms. The van der Waals surface area contributed by atoms with Crippen molar-refractivity contribution in [2.45, 2.75) is 58.9 Å². The summed E-state index contributed by atoms with van der Waals surface area (Å²) in [6, 6.07) is -0.177. The van der Waals surface area contributed by atoms with Crippen LogP contribution in [-0.2, 0) is 14.3 Å². The molecule has 0 aliphatic carbocycles. The van der Waals surface area contributed by atoms with Crippen LogP contribution in [0.15, 0.2) is 0 Å². The maximum Gasteiger partial charge on any atom is 0.310 e. The molecule has 0 aromatic rings. The first kappa shape index (κ1) is 18.0. The van der Waals surface area contributed by atoms with Gasteiger partial charge in [0.15, 0.2) is 0 Å². The number of nitrogens with zero attached hydrogens (tertiary/aromatic N) is 1. The molecule has 1 amide bonds. The molecule has 1 aliphatic rings. The molecule has 2 atom stereocenters. The predicted octanol–water partition coefficient (Wildman–Crippen LogP) is 1.96. The average molecular weight is 298 g/mol. The van der Waals surface area contributed by atoms with Gasteiger partial charge in [0.1, 0.15) is 0 Å². The van der Waals surface area contributed by atoms with Crippen LogP contribution in [0, 0.1) is 5.92 Å². The van der Waals surface area contributed by atoms with Gasteiger partial charge in [0.25, 0.3) is 0 Å². The van der Waals surface area contributed by atoms with E-state index in [1.165, 1.54) is 0 Å². The van der Waals surface area contributed by atoms with Crippen LogP contribution < -0.4 is 5.32 Å². The van der Waals surface area contributed by atoms with Gasteiger partial charge in [-0.2, -0.15) is 0 Å². The summed E-state index contributed by atoms with van der Waals surface area (Å²) in [6.07, 6.45) is 5.12.